The maximum absolute atomic E-state index is 12.5. The number of hydrazone groups is 1. The zero-order valence-electron chi connectivity index (χ0n) is 18.5. The number of nitrogens with zero attached hydrogens (tertiary/aromatic N) is 1. The number of aryl methyl sites for hydroxylation is 1. The molecule has 0 saturated heterocycles. The van der Waals surface area contributed by atoms with Crippen molar-refractivity contribution in [3.05, 3.63) is 89.5 Å². The topological polar surface area (TPSA) is 126 Å². The van der Waals surface area contributed by atoms with Gasteiger partial charge in [0, 0.05) is 23.9 Å². The number of carbonyl (C=O) groups is 4. The number of ether oxygens (including phenoxy) is 1. The predicted octanol–water partition coefficient (Wildman–Crippen LogP) is 3.26. The lowest BCUT2D eigenvalue weighted by atomic mass is 10.1. The normalized spacial score (nSPS) is 10.4. The van der Waals surface area contributed by atoms with Crippen molar-refractivity contribution in [2.75, 3.05) is 10.6 Å². The highest BCUT2D eigenvalue weighted by Gasteiger charge is 2.14. The Labute approximate surface area is 195 Å². The highest BCUT2D eigenvalue weighted by molar-refractivity contribution is 6.39. The second-order valence-electron chi connectivity index (χ2n) is 7.15. The summed E-state index contributed by atoms with van der Waals surface area (Å²) in [6, 6.07) is 19.9. The number of carbonyl (C=O) groups excluding carboxylic acids is 4. The molecule has 0 unspecified atom stereocenters. The third kappa shape index (κ3) is 6.60. The summed E-state index contributed by atoms with van der Waals surface area (Å²) in [5.41, 5.74) is 4.70. The van der Waals surface area contributed by atoms with Crippen LogP contribution in [0.1, 0.15) is 28.4 Å². The van der Waals surface area contributed by atoms with E-state index in [-0.39, 0.29) is 11.7 Å². The minimum atomic E-state index is -0.989. The van der Waals surface area contributed by atoms with Gasteiger partial charge < -0.3 is 15.4 Å². The van der Waals surface area contributed by atoms with Gasteiger partial charge in [0.2, 0.25) is 5.91 Å². The number of benzene rings is 3. The smallest absolute Gasteiger partial charge is 0.343 e. The van der Waals surface area contributed by atoms with E-state index in [1.54, 1.807) is 60.7 Å². The Morgan fingerprint density at radius 2 is 1.41 bits per heavy atom. The van der Waals surface area contributed by atoms with Gasteiger partial charge in [0.25, 0.3) is 0 Å². The molecule has 3 N–H and O–H groups in total. The van der Waals surface area contributed by atoms with Crippen LogP contribution in [0.15, 0.2) is 77.9 Å². The van der Waals surface area contributed by atoms with Gasteiger partial charge in [-0.05, 0) is 55.0 Å². The number of hydrogen-bond acceptors (Lipinski definition) is 6. The molecule has 0 radical (unpaired) electrons. The van der Waals surface area contributed by atoms with Gasteiger partial charge in [0.1, 0.15) is 5.75 Å². The van der Waals surface area contributed by atoms with Crippen LogP contribution >= 0.6 is 0 Å². The van der Waals surface area contributed by atoms with Gasteiger partial charge in [-0.15, -0.1) is 0 Å². The molecule has 0 aromatic heterocycles. The van der Waals surface area contributed by atoms with Crippen molar-refractivity contribution in [1.29, 1.82) is 0 Å². The molecule has 0 saturated carbocycles. The molecule has 0 fully saturated rings. The first-order chi connectivity index (χ1) is 16.3. The number of hydrogen-bond donors (Lipinski definition) is 3. The van der Waals surface area contributed by atoms with Gasteiger partial charge >= 0.3 is 17.8 Å². The molecule has 3 aromatic carbocycles. The predicted molar refractivity (Wildman–Crippen MR) is 128 cm³/mol. The molecular formula is C25H22N4O5. The first kappa shape index (κ1) is 23.9. The second-order valence-corrected chi connectivity index (χ2v) is 7.15. The van der Waals surface area contributed by atoms with E-state index in [9.17, 15) is 19.2 Å². The van der Waals surface area contributed by atoms with Gasteiger partial charge in [-0.2, -0.15) is 5.10 Å². The van der Waals surface area contributed by atoms with E-state index >= 15 is 0 Å². The van der Waals surface area contributed by atoms with Crippen LogP contribution in [0.3, 0.4) is 0 Å². The molecule has 34 heavy (non-hydrogen) atoms. The molecule has 9 heteroatoms. The van der Waals surface area contributed by atoms with Crippen LogP contribution in [-0.2, 0) is 14.4 Å². The Balaban J connectivity index is 1.59. The van der Waals surface area contributed by atoms with Gasteiger partial charge in [-0.3, -0.25) is 14.4 Å². The van der Waals surface area contributed by atoms with Crippen LogP contribution in [0, 0.1) is 6.92 Å². The molecule has 0 atom stereocenters. The van der Waals surface area contributed by atoms with Crippen molar-refractivity contribution >= 4 is 41.3 Å². The van der Waals surface area contributed by atoms with Crippen molar-refractivity contribution in [3.63, 3.8) is 0 Å². The van der Waals surface area contributed by atoms with E-state index in [2.05, 4.69) is 21.2 Å². The number of rotatable bonds is 6. The molecule has 0 bridgehead atoms. The molecule has 0 spiro atoms. The zero-order chi connectivity index (χ0) is 24.5. The van der Waals surface area contributed by atoms with Crippen LogP contribution in [0.2, 0.25) is 0 Å². The van der Waals surface area contributed by atoms with E-state index in [0.717, 1.165) is 5.56 Å². The highest BCUT2D eigenvalue weighted by Crippen LogP contribution is 2.19. The molecule has 3 rings (SSSR count). The van der Waals surface area contributed by atoms with E-state index in [1.165, 1.54) is 13.1 Å². The molecule has 0 aliphatic carbocycles. The molecule has 3 aromatic rings. The number of anilines is 2. The lowest BCUT2D eigenvalue weighted by molar-refractivity contribution is -0.136. The van der Waals surface area contributed by atoms with E-state index < -0.39 is 17.8 Å². The maximum Gasteiger partial charge on any atom is 0.343 e. The summed E-state index contributed by atoms with van der Waals surface area (Å²) >= 11 is 0. The van der Waals surface area contributed by atoms with Crippen molar-refractivity contribution < 1.29 is 23.9 Å². The summed E-state index contributed by atoms with van der Waals surface area (Å²) in [7, 11) is 0. The molecule has 9 nitrogen and oxygen atoms in total. The summed E-state index contributed by atoms with van der Waals surface area (Å²) in [5, 5.41) is 8.81. The molecule has 172 valence electrons. The van der Waals surface area contributed by atoms with Crippen molar-refractivity contribution in [3.8, 4) is 5.75 Å². The Hall–Kier alpha value is -4.79. The molecule has 0 aliphatic heterocycles. The van der Waals surface area contributed by atoms with Crippen molar-refractivity contribution in [2.45, 2.75) is 13.8 Å². The molecule has 3 amide bonds. The van der Waals surface area contributed by atoms with Crippen molar-refractivity contribution in [2.24, 2.45) is 5.10 Å². The first-order valence-corrected chi connectivity index (χ1v) is 10.2. The Morgan fingerprint density at radius 1 is 0.794 bits per heavy atom. The fraction of sp³-hybridized carbons (Fsp3) is 0.0800. The second kappa shape index (κ2) is 11.2. The Kier molecular flexibility index (Phi) is 7.85. The molecule has 0 aliphatic rings. The fourth-order valence-corrected chi connectivity index (χ4v) is 2.88. The highest BCUT2D eigenvalue weighted by atomic mass is 16.5. The van der Waals surface area contributed by atoms with Gasteiger partial charge in [-0.25, -0.2) is 10.2 Å². The number of esters is 1. The van der Waals surface area contributed by atoms with Gasteiger partial charge in [-0.1, -0.05) is 30.3 Å². The summed E-state index contributed by atoms with van der Waals surface area (Å²) < 4.78 is 5.48. The third-order valence-electron chi connectivity index (χ3n) is 4.53. The van der Waals surface area contributed by atoms with Crippen LogP contribution in [0.25, 0.3) is 0 Å². The van der Waals surface area contributed by atoms with Crippen LogP contribution in [-0.4, -0.2) is 29.9 Å². The van der Waals surface area contributed by atoms with Crippen LogP contribution in [0.5, 0.6) is 5.75 Å². The lowest BCUT2D eigenvalue weighted by Gasteiger charge is -2.09. The average Bonchev–Trinajstić information content (AvgIpc) is 2.81. The first-order valence-electron chi connectivity index (χ1n) is 10.2. The van der Waals surface area contributed by atoms with E-state index in [4.69, 9.17) is 4.74 Å². The minimum absolute atomic E-state index is 0.222. The zero-order valence-corrected chi connectivity index (χ0v) is 18.5. The maximum atomic E-state index is 12.5. The number of para-hydroxylation sites is 1. The quantitative estimate of drug-likeness (QED) is 0.172. The monoisotopic (exact) mass is 458 g/mol. The SMILES string of the molecule is CC(=O)Nc1ccc(NC(=O)C(=O)N/N=C/c2ccccc2OC(=O)c2ccccc2C)cc1. The summed E-state index contributed by atoms with van der Waals surface area (Å²) in [5.74, 6) is -2.41. The Bertz CT molecular complexity index is 1250. The molecule has 0 heterocycles. The summed E-state index contributed by atoms with van der Waals surface area (Å²) in [4.78, 5) is 47.7. The Morgan fingerprint density at radius 3 is 2.09 bits per heavy atom. The molecular weight excluding hydrogens is 436 g/mol. The average molecular weight is 458 g/mol. The third-order valence-corrected chi connectivity index (χ3v) is 4.53. The number of amides is 3. The van der Waals surface area contributed by atoms with Crippen LogP contribution < -0.4 is 20.8 Å². The summed E-state index contributed by atoms with van der Waals surface area (Å²) in [6.07, 6.45) is 1.27. The van der Waals surface area contributed by atoms with Crippen LogP contribution in [0.4, 0.5) is 11.4 Å². The fourth-order valence-electron chi connectivity index (χ4n) is 2.88. The van der Waals surface area contributed by atoms with Gasteiger partial charge in [0.05, 0.1) is 11.8 Å². The van der Waals surface area contributed by atoms with E-state index in [1.807, 2.05) is 19.1 Å². The largest absolute Gasteiger partial charge is 0.422 e. The summed E-state index contributed by atoms with van der Waals surface area (Å²) in [6.45, 7) is 3.19. The number of nitrogens with one attached hydrogen (secondary N) is 3. The standard InChI is InChI=1S/C25H22N4O5/c1-16-7-3-5-9-21(16)25(33)34-22-10-6-4-8-18(22)15-26-29-24(32)23(31)28-20-13-11-19(12-14-20)27-17(2)30/h3-15H,1-2H3,(H,27,30)(H,28,31)(H,29,32)/b26-15+. The van der Waals surface area contributed by atoms with E-state index in [0.29, 0.717) is 22.5 Å². The van der Waals surface area contributed by atoms with Gasteiger partial charge in [0.15, 0.2) is 0 Å². The minimum Gasteiger partial charge on any atom is -0.422 e. The lowest BCUT2D eigenvalue weighted by Crippen LogP contribution is -2.32. The van der Waals surface area contributed by atoms with Crippen molar-refractivity contribution in [1.82, 2.24) is 5.43 Å².